The molecule has 0 bridgehead atoms. The number of nitrogens with one attached hydrogen (secondary N) is 1. The van der Waals surface area contributed by atoms with Crippen molar-refractivity contribution in [2.45, 2.75) is 31.2 Å². The van der Waals surface area contributed by atoms with Gasteiger partial charge in [0, 0.05) is 24.8 Å². The van der Waals surface area contributed by atoms with E-state index in [0.717, 1.165) is 37.9 Å². The summed E-state index contributed by atoms with van der Waals surface area (Å²) in [7, 11) is 0. The van der Waals surface area contributed by atoms with Crippen LogP contribution in [0.1, 0.15) is 31.2 Å². The summed E-state index contributed by atoms with van der Waals surface area (Å²) < 4.78 is 12.5. The minimum atomic E-state index is -0.414. The van der Waals surface area contributed by atoms with Gasteiger partial charge in [0.1, 0.15) is 10.8 Å². The molecule has 3 heterocycles. The van der Waals surface area contributed by atoms with Gasteiger partial charge in [0.2, 0.25) is 5.88 Å². The number of pyridine rings is 1. The first-order chi connectivity index (χ1) is 16.0. The lowest BCUT2D eigenvalue weighted by molar-refractivity contribution is 0.0595. The van der Waals surface area contributed by atoms with E-state index < -0.39 is 5.56 Å². The number of rotatable bonds is 7. The van der Waals surface area contributed by atoms with E-state index in [2.05, 4.69) is 15.4 Å². The summed E-state index contributed by atoms with van der Waals surface area (Å²) in [5, 5.41) is 7.58. The second-order valence-corrected chi connectivity index (χ2v) is 9.07. The molecular formula is C24H26ClN5O3. The van der Waals surface area contributed by atoms with Gasteiger partial charge in [0.15, 0.2) is 0 Å². The van der Waals surface area contributed by atoms with Gasteiger partial charge in [-0.05, 0) is 55.4 Å². The molecule has 3 N–H and O–H groups in total. The van der Waals surface area contributed by atoms with Crippen LogP contribution in [0.2, 0.25) is 5.02 Å². The zero-order valence-corrected chi connectivity index (χ0v) is 18.9. The van der Waals surface area contributed by atoms with Gasteiger partial charge in [-0.2, -0.15) is 9.78 Å². The molecule has 172 valence electrons. The topological polar surface area (TPSA) is 104 Å². The summed E-state index contributed by atoms with van der Waals surface area (Å²) >= 11 is 6.33. The Morgan fingerprint density at radius 3 is 2.70 bits per heavy atom. The standard InChI is InChI=1S/C24H26ClN5O3/c25-22-20(27-12-16-2-1-11-32-15-16)14-29-30(23(22)31)18-5-8-21(28-13-18)33-19-6-3-17(4-7-19)24(26)9-10-24/h3-8,13-14,16,27H,1-2,9-12,15,26H2. The molecule has 9 heteroatoms. The molecule has 3 aromatic rings. The molecule has 2 fully saturated rings. The third kappa shape index (κ3) is 4.88. The van der Waals surface area contributed by atoms with Crippen molar-refractivity contribution in [1.29, 1.82) is 0 Å². The van der Waals surface area contributed by atoms with E-state index in [0.29, 0.717) is 42.1 Å². The second kappa shape index (κ2) is 9.13. The van der Waals surface area contributed by atoms with E-state index >= 15 is 0 Å². The van der Waals surface area contributed by atoms with Crippen molar-refractivity contribution < 1.29 is 9.47 Å². The van der Waals surface area contributed by atoms with Gasteiger partial charge in [-0.15, -0.1) is 0 Å². The van der Waals surface area contributed by atoms with Crippen molar-refractivity contribution in [2.75, 3.05) is 25.1 Å². The van der Waals surface area contributed by atoms with E-state index in [4.69, 9.17) is 26.8 Å². The quantitative estimate of drug-likeness (QED) is 0.543. The summed E-state index contributed by atoms with van der Waals surface area (Å²) in [6, 6.07) is 11.1. The van der Waals surface area contributed by atoms with Crippen molar-refractivity contribution in [2.24, 2.45) is 11.7 Å². The predicted molar refractivity (Wildman–Crippen MR) is 126 cm³/mol. The molecular weight excluding hydrogens is 442 g/mol. The Kier molecular flexibility index (Phi) is 6.05. The molecule has 0 spiro atoms. The van der Waals surface area contributed by atoms with Gasteiger partial charge >= 0.3 is 0 Å². The van der Waals surface area contributed by atoms with Crippen molar-refractivity contribution in [3.63, 3.8) is 0 Å². The molecule has 0 amide bonds. The molecule has 33 heavy (non-hydrogen) atoms. The number of nitrogens with zero attached hydrogens (tertiary/aromatic N) is 3. The molecule has 5 rings (SSSR count). The Morgan fingerprint density at radius 2 is 2.03 bits per heavy atom. The van der Waals surface area contributed by atoms with Gasteiger partial charge in [-0.3, -0.25) is 4.79 Å². The van der Waals surface area contributed by atoms with Crippen LogP contribution in [0.15, 0.2) is 53.6 Å². The maximum Gasteiger partial charge on any atom is 0.292 e. The van der Waals surface area contributed by atoms with Crippen molar-refractivity contribution in [3.05, 3.63) is 69.7 Å². The molecule has 1 unspecified atom stereocenters. The Hall–Kier alpha value is -2.94. The van der Waals surface area contributed by atoms with Crippen LogP contribution in [-0.4, -0.2) is 34.5 Å². The molecule has 2 aromatic heterocycles. The van der Waals surface area contributed by atoms with Crippen LogP contribution in [0.5, 0.6) is 11.6 Å². The van der Waals surface area contributed by atoms with E-state index in [9.17, 15) is 4.79 Å². The number of halogens is 1. The Balaban J connectivity index is 1.25. The lowest BCUT2D eigenvalue weighted by Gasteiger charge is -2.22. The fourth-order valence-electron chi connectivity index (χ4n) is 3.92. The fraction of sp³-hybridized carbons (Fsp3) is 0.375. The summed E-state index contributed by atoms with van der Waals surface area (Å²) in [4.78, 5) is 17.1. The normalized spacial score (nSPS) is 19.2. The summed E-state index contributed by atoms with van der Waals surface area (Å²) in [6.45, 7) is 2.22. The van der Waals surface area contributed by atoms with E-state index in [1.54, 1.807) is 18.3 Å². The summed E-state index contributed by atoms with van der Waals surface area (Å²) in [5.41, 5.74) is 7.77. The third-order valence-electron chi connectivity index (χ3n) is 6.16. The van der Waals surface area contributed by atoms with Crippen molar-refractivity contribution in [3.8, 4) is 17.3 Å². The van der Waals surface area contributed by atoms with Crippen LogP contribution >= 0.6 is 11.6 Å². The average molecular weight is 468 g/mol. The number of nitrogens with two attached hydrogens (primary N) is 1. The number of ether oxygens (including phenoxy) is 2. The zero-order chi connectivity index (χ0) is 22.8. The van der Waals surface area contributed by atoms with Crippen LogP contribution in [0.4, 0.5) is 5.69 Å². The predicted octanol–water partition coefficient (Wildman–Crippen LogP) is 3.86. The molecule has 1 saturated heterocycles. The second-order valence-electron chi connectivity index (χ2n) is 8.69. The highest BCUT2D eigenvalue weighted by Crippen LogP contribution is 2.43. The van der Waals surface area contributed by atoms with Gasteiger partial charge in [-0.1, -0.05) is 23.7 Å². The molecule has 1 saturated carbocycles. The van der Waals surface area contributed by atoms with Gasteiger partial charge in [0.25, 0.3) is 5.56 Å². The van der Waals surface area contributed by atoms with Gasteiger partial charge in [-0.25, -0.2) is 4.98 Å². The minimum absolute atomic E-state index is 0.0930. The van der Waals surface area contributed by atoms with Crippen LogP contribution in [0.25, 0.3) is 5.69 Å². The summed E-state index contributed by atoms with van der Waals surface area (Å²) in [6.07, 6.45) is 7.25. The van der Waals surface area contributed by atoms with Gasteiger partial charge in [0.05, 0.1) is 30.4 Å². The highest BCUT2D eigenvalue weighted by Gasteiger charge is 2.39. The Morgan fingerprint density at radius 1 is 1.21 bits per heavy atom. The first-order valence-electron chi connectivity index (χ1n) is 11.1. The molecule has 1 aliphatic carbocycles. The molecule has 1 atom stereocenters. The lowest BCUT2D eigenvalue weighted by atomic mass is 10.0. The number of hydrogen-bond donors (Lipinski definition) is 2. The Bertz CT molecular complexity index is 1170. The monoisotopic (exact) mass is 467 g/mol. The van der Waals surface area contributed by atoms with Gasteiger partial charge < -0.3 is 20.5 Å². The first kappa shape index (κ1) is 21.9. The maximum absolute atomic E-state index is 12.8. The number of anilines is 1. The fourth-order valence-corrected chi connectivity index (χ4v) is 4.12. The summed E-state index contributed by atoms with van der Waals surface area (Å²) in [5.74, 6) is 1.48. The van der Waals surface area contributed by atoms with Crippen LogP contribution in [-0.2, 0) is 10.3 Å². The van der Waals surface area contributed by atoms with Crippen LogP contribution in [0, 0.1) is 5.92 Å². The highest BCUT2D eigenvalue weighted by atomic mass is 35.5. The van der Waals surface area contributed by atoms with Crippen LogP contribution in [0.3, 0.4) is 0 Å². The number of hydrogen-bond acceptors (Lipinski definition) is 7. The van der Waals surface area contributed by atoms with E-state index in [-0.39, 0.29) is 10.6 Å². The molecule has 1 aliphatic heterocycles. The highest BCUT2D eigenvalue weighted by molar-refractivity contribution is 6.32. The lowest BCUT2D eigenvalue weighted by Crippen LogP contribution is -2.26. The number of benzene rings is 1. The van der Waals surface area contributed by atoms with Crippen LogP contribution < -0.4 is 21.3 Å². The molecule has 2 aliphatic rings. The van der Waals surface area contributed by atoms with E-state index in [1.165, 1.54) is 10.9 Å². The molecule has 0 radical (unpaired) electrons. The zero-order valence-electron chi connectivity index (χ0n) is 18.2. The first-order valence-corrected chi connectivity index (χ1v) is 11.5. The molecule has 1 aromatic carbocycles. The average Bonchev–Trinajstić information content (AvgIpc) is 3.60. The van der Waals surface area contributed by atoms with Crippen molar-refractivity contribution in [1.82, 2.24) is 14.8 Å². The Labute approximate surface area is 196 Å². The smallest absolute Gasteiger partial charge is 0.292 e. The minimum Gasteiger partial charge on any atom is -0.439 e. The maximum atomic E-state index is 12.8. The third-order valence-corrected chi connectivity index (χ3v) is 6.53. The molecule has 8 nitrogen and oxygen atoms in total. The van der Waals surface area contributed by atoms with E-state index in [1.807, 2.05) is 24.3 Å². The SMILES string of the molecule is NC1(c2ccc(Oc3ccc(-n4ncc(NCC5CCCOC5)c(Cl)c4=O)cn3)cc2)CC1. The largest absolute Gasteiger partial charge is 0.439 e. The number of aromatic nitrogens is 3. The van der Waals surface area contributed by atoms with Crippen molar-refractivity contribution >= 4 is 17.3 Å².